The molecule has 2 rings (SSSR count). The summed E-state index contributed by atoms with van der Waals surface area (Å²) in [7, 11) is 1.48. The van der Waals surface area contributed by atoms with E-state index in [1.165, 1.54) is 14.0 Å². The summed E-state index contributed by atoms with van der Waals surface area (Å²) in [5, 5.41) is 8.43. The number of amides is 1. The van der Waals surface area contributed by atoms with E-state index in [0.29, 0.717) is 18.3 Å². The van der Waals surface area contributed by atoms with Crippen LogP contribution < -0.4 is 16.0 Å². The average Bonchev–Trinajstić information content (AvgIpc) is 2.61. The zero-order chi connectivity index (χ0) is 20.7. The number of anilines is 1. The van der Waals surface area contributed by atoms with Crippen molar-refractivity contribution in [1.29, 1.82) is 0 Å². The number of halogens is 4. The van der Waals surface area contributed by atoms with E-state index in [0.717, 1.165) is 17.7 Å². The average molecular weight is 396 g/mol. The molecule has 28 heavy (non-hydrogen) atoms. The van der Waals surface area contributed by atoms with Crippen LogP contribution in [0.3, 0.4) is 0 Å². The van der Waals surface area contributed by atoms with Crippen LogP contribution in [-0.2, 0) is 24.1 Å². The van der Waals surface area contributed by atoms with Gasteiger partial charge in [-0.3, -0.25) is 9.79 Å². The molecule has 0 unspecified atom stereocenters. The Morgan fingerprint density at radius 1 is 1.07 bits per heavy atom. The molecular weight excluding hydrogens is 376 g/mol. The first-order valence-corrected chi connectivity index (χ1v) is 8.35. The lowest BCUT2D eigenvalue weighted by Crippen LogP contribution is -2.36. The lowest BCUT2D eigenvalue weighted by Gasteiger charge is -2.16. The van der Waals surface area contributed by atoms with E-state index in [1.807, 2.05) is 6.07 Å². The second kappa shape index (κ2) is 9.20. The first kappa shape index (κ1) is 21.2. The van der Waals surface area contributed by atoms with Crippen molar-refractivity contribution in [1.82, 2.24) is 10.6 Å². The first-order valence-electron chi connectivity index (χ1n) is 8.35. The lowest BCUT2D eigenvalue weighted by molar-refractivity contribution is -0.138. The molecule has 2 aromatic rings. The highest BCUT2D eigenvalue weighted by Gasteiger charge is 2.33. The van der Waals surface area contributed by atoms with Crippen LogP contribution in [0.25, 0.3) is 0 Å². The molecule has 3 N–H and O–H groups in total. The third kappa shape index (κ3) is 6.26. The topological polar surface area (TPSA) is 65.5 Å². The Morgan fingerprint density at radius 2 is 1.79 bits per heavy atom. The summed E-state index contributed by atoms with van der Waals surface area (Å²) in [5.74, 6) is -0.859. The van der Waals surface area contributed by atoms with Crippen LogP contribution in [0.2, 0.25) is 0 Å². The molecule has 9 heteroatoms. The Hall–Kier alpha value is -3.10. The molecule has 0 aliphatic rings. The number of carbonyl (C=O) groups is 1. The molecule has 0 aliphatic heterocycles. The minimum absolute atomic E-state index is 0.0931. The highest BCUT2D eigenvalue weighted by atomic mass is 19.4. The van der Waals surface area contributed by atoms with Crippen molar-refractivity contribution in [2.24, 2.45) is 4.99 Å². The normalized spacial score (nSPS) is 11.9. The van der Waals surface area contributed by atoms with Gasteiger partial charge in [0.2, 0.25) is 5.91 Å². The standard InChI is InChI=1S/C19H20F4N4O/c1-12(28)27-16-5-3-4-13(8-16)10-25-18(24-2)26-11-14-6-7-15(20)9-17(14)19(21,22)23/h3-9H,10-11H2,1-2H3,(H,27,28)(H2,24,25,26). The first-order chi connectivity index (χ1) is 13.2. The van der Waals surface area contributed by atoms with Crippen LogP contribution >= 0.6 is 0 Å². The molecule has 1 amide bonds. The fraction of sp³-hybridized carbons (Fsp3) is 0.263. The van der Waals surface area contributed by atoms with Crippen molar-refractivity contribution in [3.8, 4) is 0 Å². The molecule has 0 spiro atoms. The van der Waals surface area contributed by atoms with Crippen LogP contribution in [0.5, 0.6) is 0 Å². The molecule has 5 nitrogen and oxygen atoms in total. The van der Waals surface area contributed by atoms with E-state index in [4.69, 9.17) is 0 Å². The molecular formula is C19H20F4N4O. The lowest BCUT2D eigenvalue weighted by atomic mass is 10.1. The van der Waals surface area contributed by atoms with Crippen LogP contribution in [0.15, 0.2) is 47.5 Å². The van der Waals surface area contributed by atoms with Gasteiger partial charge in [-0.2, -0.15) is 13.2 Å². The van der Waals surface area contributed by atoms with Crippen molar-refractivity contribution < 1.29 is 22.4 Å². The van der Waals surface area contributed by atoms with E-state index < -0.39 is 17.6 Å². The van der Waals surface area contributed by atoms with Crippen LogP contribution in [-0.4, -0.2) is 18.9 Å². The van der Waals surface area contributed by atoms with E-state index in [2.05, 4.69) is 20.9 Å². The maximum absolute atomic E-state index is 13.2. The van der Waals surface area contributed by atoms with E-state index in [1.54, 1.807) is 18.2 Å². The molecule has 0 fully saturated rings. The van der Waals surface area contributed by atoms with Gasteiger partial charge in [-0.05, 0) is 35.4 Å². The molecule has 0 saturated heterocycles. The predicted octanol–water partition coefficient (Wildman–Crippen LogP) is 3.67. The molecule has 0 heterocycles. The van der Waals surface area contributed by atoms with Gasteiger partial charge in [-0.1, -0.05) is 18.2 Å². The van der Waals surface area contributed by atoms with E-state index >= 15 is 0 Å². The number of aliphatic imine (C=N–C) groups is 1. The largest absolute Gasteiger partial charge is 0.416 e. The number of hydrogen-bond acceptors (Lipinski definition) is 2. The van der Waals surface area contributed by atoms with Gasteiger partial charge in [0.05, 0.1) is 5.56 Å². The summed E-state index contributed by atoms with van der Waals surface area (Å²) in [6.07, 6.45) is -4.65. The third-order valence-electron chi connectivity index (χ3n) is 3.75. The molecule has 150 valence electrons. The summed E-state index contributed by atoms with van der Waals surface area (Å²) < 4.78 is 52.4. The van der Waals surface area contributed by atoms with Gasteiger partial charge in [0.1, 0.15) is 5.82 Å². The number of alkyl halides is 3. The second-order valence-corrected chi connectivity index (χ2v) is 5.96. The van der Waals surface area contributed by atoms with Gasteiger partial charge in [-0.25, -0.2) is 4.39 Å². The van der Waals surface area contributed by atoms with Gasteiger partial charge in [-0.15, -0.1) is 0 Å². The Kier molecular flexibility index (Phi) is 6.97. The SMILES string of the molecule is CN=C(NCc1cccc(NC(C)=O)c1)NCc1ccc(F)cc1C(F)(F)F. The van der Waals surface area contributed by atoms with Crippen LogP contribution in [0.4, 0.5) is 23.2 Å². The molecule has 0 radical (unpaired) electrons. The fourth-order valence-corrected chi connectivity index (χ4v) is 2.51. The van der Waals surface area contributed by atoms with Crippen molar-refractivity contribution in [3.05, 3.63) is 65.0 Å². The monoisotopic (exact) mass is 396 g/mol. The van der Waals surface area contributed by atoms with Gasteiger partial charge in [0.15, 0.2) is 5.96 Å². The van der Waals surface area contributed by atoms with Gasteiger partial charge < -0.3 is 16.0 Å². The molecule has 0 atom stereocenters. The summed E-state index contributed by atoms with van der Waals surface area (Å²) in [6, 6.07) is 9.65. The van der Waals surface area contributed by atoms with Crippen molar-refractivity contribution in [2.75, 3.05) is 12.4 Å². The molecule has 0 aliphatic carbocycles. The quantitative estimate of drug-likeness (QED) is 0.411. The number of hydrogen-bond donors (Lipinski definition) is 3. The number of carbonyl (C=O) groups excluding carboxylic acids is 1. The van der Waals surface area contributed by atoms with Crippen molar-refractivity contribution >= 4 is 17.6 Å². The zero-order valence-electron chi connectivity index (χ0n) is 15.3. The zero-order valence-corrected chi connectivity index (χ0v) is 15.3. The van der Waals surface area contributed by atoms with Gasteiger partial charge in [0, 0.05) is 32.7 Å². The number of rotatable bonds is 5. The molecule has 0 aromatic heterocycles. The molecule has 0 saturated carbocycles. The van der Waals surface area contributed by atoms with Gasteiger partial charge >= 0.3 is 6.18 Å². The maximum atomic E-state index is 13.2. The number of nitrogens with one attached hydrogen (secondary N) is 3. The maximum Gasteiger partial charge on any atom is 0.416 e. The predicted molar refractivity (Wildman–Crippen MR) is 99.2 cm³/mol. The summed E-state index contributed by atoms with van der Waals surface area (Å²) in [6.45, 7) is 1.56. The number of nitrogens with zero attached hydrogens (tertiary/aromatic N) is 1. The fourth-order valence-electron chi connectivity index (χ4n) is 2.51. The Morgan fingerprint density at radius 3 is 2.43 bits per heavy atom. The second-order valence-electron chi connectivity index (χ2n) is 5.96. The highest BCUT2D eigenvalue weighted by Crippen LogP contribution is 2.32. The highest BCUT2D eigenvalue weighted by molar-refractivity contribution is 5.88. The van der Waals surface area contributed by atoms with E-state index in [-0.39, 0.29) is 24.0 Å². The number of benzene rings is 2. The summed E-state index contributed by atoms with van der Waals surface area (Å²) in [5.41, 5.74) is 0.353. The van der Waals surface area contributed by atoms with Crippen LogP contribution in [0.1, 0.15) is 23.6 Å². The van der Waals surface area contributed by atoms with Crippen molar-refractivity contribution in [2.45, 2.75) is 26.2 Å². The summed E-state index contributed by atoms with van der Waals surface area (Å²) in [4.78, 5) is 15.1. The minimum atomic E-state index is -4.65. The Labute approximate surface area is 159 Å². The smallest absolute Gasteiger partial charge is 0.352 e. The summed E-state index contributed by atoms with van der Waals surface area (Å²) >= 11 is 0. The third-order valence-corrected chi connectivity index (χ3v) is 3.75. The van der Waals surface area contributed by atoms with Gasteiger partial charge in [0.25, 0.3) is 0 Å². The Balaban J connectivity index is 2.00. The number of guanidine groups is 1. The molecule has 2 aromatic carbocycles. The Bertz CT molecular complexity index is 865. The van der Waals surface area contributed by atoms with Crippen LogP contribution in [0, 0.1) is 5.82 Å². The van der Waals surface area contributed by atoms with Crippen molar-refractivity contribution in [3.63, 3.8) is 0 Å². The molecule has 0 bridgehead atoms. The van der Waals surface area contributed by atoms with E-state index in [9.17, 15) is 22.4 Å². The minimum Gasteiger partial charge on any atom is -0.352 e.